The number of nitrogens with zero attached hydrogens (tertiary/aromatic N) is 4. The molecule has 0 bridgehead atoms. The van der Waals surface area contributed by atoms with E-state index in [-0.39, 0.29) is 12.6 Å². The second-order valence-corrected chi connectivity index (χ2v) is 4.32. The van der Waals surface area contributed by atoms with E-state index in [1.807, 2.05) is 0 Å². The highest BCUT2D eigenvalue weighted by Gasteiger charge is 2.13. The standard InChI is InChI=1S/C9H7ClN6OS/c10-4-1-2-5-8(16-18-15-5)7(4)12-9-14-13-6(3-11)17-9/h1-2H,3,11H2,(H,12,14). The summed E-state index contributed by atoms with van der Waals surface area (Å²) in [4.78, 5) is 0. The van der Waals surface area contributed by atoms with Gasteiger partial charge in [0.25, 0.3) is 0 Å². The lowest BCUT2D eigenvalue weighted by Gasteiger charge is -2.03. The summed E-state index contributed by atoms with van der Waals surface area (Å²) in [6, 6.07) is 3.75. The van der Waals surface area contributed by atoms with E-state index in [1.54, 1.807) is 12.1 Å². The van der Waals surface area contributed by atoms with Gasteiger partial charge in [-0.25, -0.2) is 0 Å². The molecule has 92 valence electrons. The third-order valence-electron chi connectivity index (χ3n) is 2.25. The van der Waals surface area contributed by atoms with Crippen molar-refractivity contribution in [1.29, 1.82) is 0 Å². The number of halogens is 1. The molecule has 3 N–H and O–H groups in total. The van der Waals surface area contributed by atoms with Gasteiger partial charge < -0.3 is 15.5 Å². The zero-order valence-corrected chi connectivity index (χ0v) is 10.5. The van der Waals surface area contributed by atoms with Crippen molar-refractivity contribution < 1.29 is 4.42 Å². The first-order chi connectivity index (χ1) is 8.78. The van der Waals surface area contributed by atoms with Crippen molar-refractivity contribution >= 4 is 46.1 Å². The van der Waals surface area contributed by atoms with E-state index < -0.39 is 0 Å². The van der Waals surface area contributed by atoms with Crippen molar-refractivity contribution in [3.8, 4) is 0 Å². The van der Waals surface area contributed by atoms with Crippen LogP contribution in [-0.4, -0.2) is 18.9 Å². The number of benzene rings is 1. The first-order valence-electron chi connectivity index (χ1n) is 4.98. The first kappa shape index (κ1) is 11.3. The topological polar surface area (TPSA) is 103 Å². The van der Waals surface area contributed by atoms with Gasteiger partial charge in [-0.1, -0.05) is 16.7 Å². The predicted octanol–water partition coefficient (Wildman–Crippen LogP) is 1.93. The summed E-state index contributed by atoms with van der Waals surface area (Å²) in [5.41, 5.74) is 7.40. The number of hydrogen-bond donors (Lipinski definition) is 2. The van der Waals surface area contributed by atoms with Crippen LogP contribution < -0.4 is 11.1 Å². The van der Waals surface area contributed by atoms with Crippen LogP contribution in [0.25, 0.3) is 11.0 Å². The van der Waals surface area contributed by atoms with Crippen molar-refractivity contribution in [3.63, 3.8) is 0 Å². The predicted molar refractivity (Wildman–Crippen MR) is 67.9 cm³/mol. The summed E-state index contributed by atoms with van der Waals surface area (Å²) in [7, 11) is 0. The third kappa shape index (κ3) is 1.90. The molecule has 3 rings (SSSR count). The average molecular weight is 283 g/mol. The summed E-state index contributed by atoms with van der Waals surface area (Å²) >= 11 is 7.22. The van der Waals surface area contributed by atoms with Crippen LogP contribution in [0.4, 0.5) is 11.7 Å². The maximum atomic E-state index is 6.11. The highest BCUT2D eigenvalue weighted by atomic mass is 35.5. The third-order valence-corrected chi connectivity index (χ3v) is 3.11. The molecule has 0 spiro atoms. The maximum absolute atomic E-state index is 6.11. The summed E-state index contributed by atoms with van der Waals surface area (Å²) < 4.78 is 13.6. The number of aromatic nitrogens is 4. The lowest BCUT2D eigenvalue weighted by atomic mass is 10.2. The Morgan fingerprint density at radius 3 is 3.00 bits per heavy atom. The van der Waals surface area contributed by atoms with Gasteiger partial charge in [-0.2, -0.15) is 8.75 Å². The summed E-state index contributed by atoms with van der Waals surface area (Å²) in [6.07, 6.45) is 0. The monoisotopic (exact) mass is 282 g/mol. The molecule has 9 heteroatoms. The molecule has 0 unspecified atom stereocenters. The normalized spacial score (nSPS) is 11.0. The molecule has 7 nitrogen and oxygen atoms in total. The van der Waals surface area contributed by atoms with Crippen molar-refractivity contribution in [2.75, 3.05) is 5.32 Å². The molecule has 0 aliphatic carbocycles. The number of nitrogens with two attached hydrogens (primary N) is 1. The zero-order chi connectivity index (χ0) is 12.5. The second kappa shape index (κ2) is 4.48. The van der Waals surface area contributed by atoms with Gasteiger partial charge in [0.2, 0.25) is 5.89 Å². The molecule has 0 saturated heterocycles. The van der Waals surface area contributed by atoms with E-state index in [2.05, 4.69) is 24.3 Å². The van der Waals surface area contributed by atoms with Gasteiger partial charge in [-0.15, -0.1) is 5.10 Å². The van der Waals surface area contributed by atoms with Crippen LogP contribution in [0.2, 0.25) is 5.02 Å². The molecule has 2 aromatic heterocycles. The summed E-state index contributed by atoms with van der Waals surface area (Å²) in [5, 5.41) is 11.0. The van der Waals surface area contributed by atoms with E-state index in [4.69, 9.17) is 21.8 Å². The minimum absolute atomic E-state index is 0.185. The van der Waals surface area contributed by atoms with Gasteiger partial charge in [0, 0.05) is 0 Å². The van der Waals surface area contributed by atoms with Crippen molar-refractivity contribution in [2.24, 2.45) is 5.73 Å². The molecule has 18 heavy (non-hydrogen) atoms. The van der Waals surface area contributed by atoms with Gasteiger partial charge in [0.05, 0.1) is 29.0 Å². The van der Waals surface area contributed by atoms with E-state index in [0.717, 1.165) is 17.2 Å². The number of hydrogen-bond acceptors (Lipinski definition) is 8. The second-order valence-electron chi connectivity index (χ2n) is 3.38. The van der Waals surface area contributed by atoms with Crippen molar-refractivity contribution in [2.45, 2.75) is 6.54 Å². The van der Waals surface area contributed by atoms with E-state index in [0.29, 0.717) is 22.1 Å². The summed E-state index contributed by atoms with van der Waals surface area (Å²) in [5.74, 6) is 0.345. The van der Waals surface area contributed by atoms with Crippen LogP contribution in [0.3, 0.4) is 0 Å². The van der Waals surface area contributed by atoms with E-state index in [1.165, 1.54) is 0 Å². The van der Waals surface area contributed by atoms with Crippen LogP contribution in [0, 0.1) is 0 Å². The molecule has 0 aliphatic heterocycles. The molecular weight excluding hydrogens is 276 g/mol. The van der Waals surface area contributed by atoms with Crippen LogP contribution in [0.5, 0.6) is 0 Å². The molecule has 3 aromatic rings. The number of anilines is 2. The fraction of sp³-hybridized carbons (Fsp3) is 0.111. The highest BCUT2D eigenvalue weighted by molar-refractivity contribution is 7.00. The quantitative estimate of drug-likeness (QED) is 0.756. The SMILES string of the molecule is NCc1nnc(Nc2c(Cl)ccc3nsnc23)o1. The van der Waals surface area contributed by atoms with Crippen LogP contribution in [0.15, 0.2) is 16.5 Å². The Labute approximate surface area is 110 Å². The van der Waals surface area contributed by atoms with Gasteiger partial charge in [-0.05, 0) is 12.1 Å². The van der Waals surface area contributed by atoms with E-state index in [9.17, 15) is 0 Å². The Morgan fingerprint density at radius 2 is 2.22 bits per heavy atom. The first-order valence-corrected chi connectivity index (χ1v) is 6.09. The fourth-order valence-electron chi connectivity index (χ4n) is 1.44. The molecule has 2 heterocycles. The Kier molecular flexibility index (Phi) is 2.82. The summed E-state index contributed by atoms with van der Waals surface area (Å²) in [6.45, 7) is 0.185. The van der Waals surface area contributed by atoms with Crippen LogP contribution >= 0.6 is 23.3 Å². The van der Waals surface area contributed by atoms with Crippen molar-refractivity contribution in [1.82, 2.24) is 18.9 Å². The fourth-order valence-corrected chi connectivity index (χ4v) is 2.18. The Balaban J connectivity index is 2.03. The Hall–Kier alpha value is -1.77. The molecule has 0 saturated carbocycles. The van der Waals surface area contributed by atoms with Gasteiger partial charge in [-0.3, -0.25) is 0 Å². The Bertz CT molecular complexity index is 695. The van der Waals surface area contributed by atoms with Crippen LogP contribution in [-0.2, 0) is 6.54 Å². The minimum Gasteiger partial charge on any atom is -0.406 e. The number of nitrogens with one attached hydrogen (secondary N) is 1. The van der Waals surface area contributed by atoms with Gasteiger partial charge in [0.1, 0.15) is 11.0 Å². The lowest BCUT2D eigenvalue weighted by Crippen LogP contribution is -1.95. The molecule has 0 radical (unpaired) electrons. The number of fused-ring (bicyclic) bond motifs is 1. The van der Waals surface area contributed by atoms with Gasteiger partial charge >= 0.3 is 6.01 Å². The molecule has 0 fully saturated rings. The Morgan fingerprint density at radius 1 is 1.33 bits per heavy atom. The smallest absolute Gasteiger partial charge is 0.320 e. The largest absolute Gasteiger partial charge is 0.406 e. The highest BCUT2D eigenvalue weighted by Crippen LogP contribution is 2.31. The molecule has 0 amide bonds. The average Bonchev–Trinajstić information content (AvgIpc) is 3.01. The number of rotatable bonds is 3. The molecule has 0 aliphatic rings. The zero-order valence-electron chi connectivity index (χ0n) is 8.92. The maximum Gasteiger partial charge on any atom is 0.320 e. The van der Waals surface area contributed by atoms with E-state index >= 15 is 0 Å². The van der Waals surface area contributed by atoms with Crippen molar-refractivity contribution in [3.05, 3.63) is 23.0 Å². The molecule has 0 atom stereocenters. The lowest BCUT2D eigenvalue weighted by molar-refractivity contribution is 0.511. The minimum atomic E-state index is 0.185. The molecular formula is C9H7ClN6OS. The van der Waals surface area contributed by atoms with Gasteiger partial charge in [0.15, 0.2) is 0 Å². The molecule has 1 aromatic carbocycles. The van der Waals surface area contributed by atoms with Crippen LogP contribution in [0.1, 0.15) is 5.89 Å².